The molecule has 1 unspecified atom stereocenters. The zero-order valence-corrected chi connectivity index (χ0v) is 19.3. The van der Waals surface area contributed by atoms with Crippen molar-refractivity contribution in [2.45, 2.75) is 58.5 Å². The number of amides is 1. The van der Waals surface area contributed by atoms with E-state index in [1.165, 1.54) is 30.4 Å². The molecule has 0 saturated carbocycles. The van der Waals surface area contributed by atoms with Gasteiger partial charge in [-0.15, -0.1) is 0 Å². The van der Waals surface area contributed by atoms with E-state index in [0.29, 0.717) is 29.7 Å². The maximum atomic E-state index is 13.0. The summed E-state index contributed by atoms with van der Waals surface area (Å²) in [6.07, 6.45) is 5.96. The summed E-state index contributed by atoms with van der Waals surface area (Å²) >= 11 is 0. The Bertz CT molecular complexity index is 1170. The Balaban J connectivity index is 1.42. The predicted molar refractivity (Wildman–Crippen MR) is 125 cm³/mol. The summed E-state index contributed by atoms with van der Waals surface area (Å²) in [4.78, 5) is 28.1. The van der Waals surface area contributed by atoms with Crippen LogP contribution in [0.2, 0.25) is 0 Å². The monoisotopic (exact) mass is 439 g/mol. The molecule has 32 heavy (non-hydrogen) atoms. The number of aryl methyl sites for hydroxylation is 1. The summed E-state index contributed by atoms with van der Waals surface area (Å²) in [6, 6.07) is 8.17. The molecule has 8 nitrogen and oxygen atoms in total. The zero-order valence-electron chi connectivity index (χ0n) is 19.3. The van der Waals surface area contributed by atoms with Crippen LogP contribution in [0.5, 0.6) is 5.75 Å². The Morgan fingerprint density at radius 3 is 2.91 bits per heavy atom. The van der Waals surface area contributed by atoms with Gasteiger partial charge < -0.3 is 15.0 Å². The molecular weight excluding hydrogens is 406 g/mol. The molecular formula is C24H33N5O3. The SMILES string of the molecule is CCC1CCCCN1CCCNC(=O)Cn1nc(C)n2c(cc3c(OC)cccc32)c1=O. The van der Waals surface area contributed by atoms with Crippen molar-refractivity contribution >= 4 is 22.3 Å². The number of carbonyl (C=O) groups excluding carboxylic acids is 1. The van der Waals surface area contributed by atoms with Gasteiger partial charge in [-0.3, -0.25) is 14.0 Å². The van der Waals surface area contributed by atoms with E-state index in [9.17, 15) is 9.59 Å². The number of carbonyl (C=O) groups is 1. The van der Waals surface area contributed by atoms with Crippen LogP contribution in [0.25, 0.3) is 16.4 Å². The molecule has 1 aromatic carbocycles. The maximum Gasteiger partial charge on any atom is 0.291 e. The molecule has 1 atom stereocenters. The first-order valence-corrected chi connectivity index (χ1v) is 11.6. The lowest BCUT2D eigenvalue weighted by atomic mass is 10.00. The molecule has 172 valence electrons. The normalized spacial score (nSPS) is 17.2. The van der Waals surface area contributed by atoms with E-state index in [-0.39, 0.29) is 18.0 Å². The van der Waals surface area contributed by atoms with Gasteiger partial charge in [-0.1, -0.05) is 19.4 Å². The van der Waals surface area contributed by atoms with E-state index in [1.54, 1.807) is 7.11 Å². The van der Waals surface area contributed by atoms with Crippen molar-refractivity contribution in [2.24, 2.45) is 0 Å². The van der Waals surface area contributed by atoms with Crippen molar-refractivity contribution in [3.8, 4) is 5.75 Å². The van der Waals surface area contributed by atoms with Crippen molar-refractivity contribution in [3.05, 3.63) is 40.4 Å². The van der Waals surface area contributed by atoms with Gasteiger partial charge in [0.1, 0.15) is 23.6 Å². The van der Waals surface area contributed by atoms with Crippen molar-refractivity contribution in [2.75, 3.05) is 26.7 Å². The molecule has 0 aliphatic carbocycles. The molecule has 1 saturated heterocycles. The first kappa shape index (κ1) is 22.3. The van der Waals surface area contributed by atoms with Crippen LogP contribution in [-0.4, -0.2) is 57.8 Å². The average Bonchev–Trinajstić information content (AvgIpc) is 3.21. The number of nitrogens with zero attached hydrogens (tertiary/aromatic N) is 4. The first-order chi connectivity index (χ1) is 15.5. The quantitative estimate of drug-likeness (QED) is 0.546. The molecule has 1 fully saturated rings. The number of benzene rings is 1. The van der Waals surface area contributed by atoms with Crippen LogP contribution in [0.3, 0.4) is 0 Å². The number of likely N-dealkylation sites (tertiary alicyclic amines) is 1. The summed E-state index contributed by atoms with van der Waals surface area (Å²) in [5.41, 5.74) is 1.06. The molecule has 8 heteroatoms. The summed E-state index contributed by atoms with van der Waals surface area (Å²) in [7, 11) is 1.61. The minimum atomic E-state index is -0.289. The molecule has 3 heterocycles. The summed E-state index contributed by atoms with van der Waals surface area (Å²) in [6.45, 7) is 6.76. The van der Waals surface area contributed by atoms with Crippen LogP contribution in [0, 0.1) is 6.92 Å². The molecule has 1 aliphatic rings. The minimum absolute atomic E-state index is 0.0872. The largest absolute Gasteiger partial charge is 0.496 e. The van der Waals surface area contributed by atoms with Crippen LogP contribution >= 0.6 is 0 Å². The highest BCUT2D eigenvalue weighted by molar-refractivity contribution is 5.92. The lowest BCUT2D eigenvalue weighted by Crippen LogP contribution is -2.41. The third-order valence-electron chi connectivity index (χ3n) is 6.53. The second-order valence-electron chi connectivity index (χ2n) is 8.57. The number of aromatic nitrogens is 3. The van der Waals surface area contributed by atoms with E-state index < -0.39 is 0 Å². The average molecular weight is 440 g/mol. The van der Waals surface area contributed by atoms with Gasteiger partial charge in [0, 0.05) is 24.5 Å². The molecule has 2 aromatic heterocycles. The lowest BCUT2D eigenvalue weighted by molar-refractivity contribution is -0.121. The number of nitrogens with one attached hydrogen (secondary N) is 1. The fourth-order valence-electron chi connectivity index (χ4n) is 4.91. The first-order valence-electron chi connectivity index (χ1n) is 11.6. The van der Waals surface area contributed by atoms with Crippen molar-refractivity contribution in [3.63, 3.8) is 0 Å². The van der Waals surface area contributed by atoms with Crippen LogP contribution in [0.1, 0.15) is 44.9 Å². The third kappa shape index (κ3) is 4.37. The number of piperidine rings is 1. The lowest BCUT2D eigenvalue weighted by Gasteiger charge is -2.35. The van der Waals surface area contributed by atoms with Gasteiger partial charge in [0.15, 0.2) is 0 Å². The van der Waals surface area contributed by atoms with Gasteiger partial charge >= 0.3 is 0 Å². The number of ether oxygens (including phenoxy) is 1. The van der Waals surface area contributed by atoms with Gasteiger partial charge in [0.25, 0.3) is 5.56 Å². The second-order valence-corrected chi connectivity index (χ2v) is 8.57. The van der Waals surface area contributed by atoms with Crippen molar-refractivity contribution in [1.82, 2.24) is 24.4 Å². The molecule has 0 radical (unpaired) electrons. The predicted octanol–water partition coefficient (Wildman–Crippen LogP) is 2.74. The fourth-order valence-corrected chi connectivity index (χ4v) is 4.91. The molecule has 1 amide bonds. The maximum absolute atomic E-state index is 13.0. The highest BCUT2D eigenvalue weighted by Crippen LogP contribution is 2.28. The molecule has 3 aromatic rings. The highest BCUT2D eigenvalue weighted by Gasteiger charge is 2.20. The number of hydrogen-bond donors (Lipinski definition) is 1. The Hall–Kier alpha value is -2.87. The summed E-state index contributed by atoms with van der Waals surface area (Å²) in [5, 5.41) is 8.20. The molecule has 1 N–H and O–H groups in total. The van der Waals surface area contributed by atoms with Gasteiger partial charge in [0.05, 0.1) is 12.6 Å². The van der Waals surface area contributed by atoms with E-state index in [0.717, 1.165) is 30.4 Å². The van der Waals surface area contributed by atoms with E-state index in [4.69, 9.17) is 4.74 Å². The van der Waals surface area contributed by atoms with Gasteiger partial charge in [-0.2, -0.15) is 5.10 Å². The number of rotatable bonds is 8. The molecule has 4 rings (SSSR count). The van der Waals surface area contributed by atoms with Gasteiger partial charge in [-0.05, 0) is 57.4 Å². The smallest absolute Gasteiger partial charge is 0.291 e. The highest BCUT2D eigenvalue weighted by atomic mass is 16.5. The standard InChI is InChI=1S/C24H33N5O3/c1-4-18-9-5-6-13-27(18)14-8-12-25-23(30)16-28-24(31)21-15-19-20(29(21)17(2)26-28)10-7-11-22(19)32-3/h7,10-11,15,18H,4-6,8-9,12-14,16H2,1-3H3,(H,25,30). The Kier molecular flexibility index (Phi) is 6.79. The van der Waals surface area contributed by atoms with Crippen LogP contribution in [-0.2, 0) is 11.3 Å². The Morgan fingerprint density at radius 1 is 1.28 bits per heavy atom. The number of methoxy groups -OCH3 is 1. The second kappa shape index (κ2) is 9.73. The Morgan fingerprint density at radius 2 is 2.12 bits per heavy atom. The van der Waals surface area contributed by atoms with Crippen molar-refractivity contribution in [1.29, 1.82) is 0 Å². The zero-order chi connectivity index (χ0) is 22.7. The summed E-state index contributed by atoms with van der Waals surface area (Å²) < 4.78 is 8.50. The van der Waals surface area contributed by atoms with E-state index in [2.05, 4.69) is 22.2 Å². The van der Waals surface area contributed by atoms with Crippen LogP contribution < -0.4 is 15.6 Å². The Labute approximate surface area is 188 Å². The van der Waals surface area contributed by atoms with Gasteiger partial charge in [0.2, 0.25) is 5.91 Å². The van der Waals surface area contributed by atoms with E-state index in [1.807, 2.05) is 35.6 Å². The van der Waals surface area contributed by atoms with Gasteiger partial charge in [-0.25, -0.2) is 4.68 Å². The fraction of sp³-hybridized carbons (Fsp3) is 0.542. The minimum Gasteiger partial charge on any atom is -0.496 e. The topological polar surface area (TPSA) is 80.9 Å². The van der Waals surface area contributed by atoms with Crippen molar-refractivity contribution < 1.29 is 9.53 Å². The molecule has 1 aliphatic heterocycles. The van der Waals surface area contributed by atoms with Crippen LogP contribution in [0.15, 0.2) is 29.1 Å². The molecule has 0 bridgehead atoms. The summed E-state index contributed by atoms with van der Waals surface area (Å²) in [5.74, 6) is 1.15. The number of fused-ring (bicyclic) bond motifs is 3. The number of hydrogen-bond acceptors (Lipinski definition) is 5. The van der Waals surface area contributed by atoms with E-state index >= 15 is 0 Å². The molecule has 0 spiro atoms. The van der Waals surface area contributed by atoms with Crippen LogP contribution in [0.4, 0.5) is 0 Å². The third-order valence-corrected chi connectivity index (χ3v) is 6.53.